The maximum Gasteiger partial charge on any atom is 1.00 e. The van der Waals surface area contributed by atoms with Gasteiger partial charge in [0, 0.05) is 5.56 Å². The number of aromatic carboxylic acids is 1. The minimum absolute atomic E-state index is 0. The molecule has 0 amide bonds. The van der Waals surface area contributed by atoms with E-state index in [-0.39, 0.29) is 68.6 Å². The van der Waals surface area contributed by atoms with Gasteiger partial charge < -0.3 is 15.0 Å². The van der Waals surface area contributed by atoms with Gasteiger partial charge in [0.05, 0.1) is 5.97 Å². The van der Waals surface area contributed by atoms with E-state index >= 15 is 0 Å². The number of aromatic hydroxyl groups is 1. The molecule has 1 atom stereocenters. The van der Waals surface area contributed by atoms with E-state index in [4.69, 9.17) is 0 Å². The molecular weight excluding hydrogens is 279 g/mol. The maximum atomic E-state index is 11.0. The normalized spacial score (nSPS) is 11.8. The summed E-state index contributed by atoms with van der Waals surface area (Å²) in [4.78, 5) is 11.0. The Morgan fingerprint density at radius 1 is 1.30 bits per heavy atom. The van der Waals surface area contributed by atoms with E-state index in [0.29, 0.717) is 11.1 Å². The molecule has 3 nitrogen and oxygen atoms in total. The summed E-state index contributed by atoms with van der Waals surface area (Å²) < 4.78 is 0. The smallest absolute Gasteiger partial charge is 0.545 e. The van der Waals surface area contributed by atoms with Gasteiger partial charge in [-0.3, -0.25) is 0 Å². The average Bonchev–Trinajstić information content (AvgIpc) is 2.34. The third-order valence-corrected chi connectivity index (χ3v) is 3.62. The maximum absolute atomic E-state index is 11.0. The Bertz CT molecular complexity index is 444. The van der Waals surface area contributed by atoms with Crippen LogP contribution in [-0.4, -0.2) is 11.1 Å². The predicted octanol–water partition coefficient (Wildman–Crippen LogP) is 0.142. The van der Waals surface area contributed by atoms with Crippen molar-refractivity contribution < 1.29 is 66.4 Å². The van der Waals surface area contributed by atoms with E-state index in [1.54, 1.807) is 13.0 Å². The van der Waals surface area contributed by atoms with Crippen molar-refractivity contribution in [1.29, 1.82) is 0 Å². The molecule has 106 valence electrons. The number of phenols is 1. The van der Waals surface area contributed by atoms with Gasteiger partial charge in [0.1, 0.15) is 5.75 Å². The fourth-order valence-corrected chi connectivity index (χ4v) is 2.36. The number of carbonyl (C=O) groups excluding carboxylic acids is 1. The van der Waals surface area contributed by atoms with Crippen LogP contribution < -0.4 is 56.5 Å². The van der Waals surface area contributed by atoms with Gasteiger partial charge in [0.15, 0.2) is 0 Å². The Balaban J connectivity index is 0.00000361. The van der Waals surface area contributed by atoms with Gasteiger partial charge in [-0.1, -0.05) is 39.5 Å². The van der Waals surface area contributed by atoms with E-state index in [2.05, 4.69) is 6.92 Å². The fourth-order valence-electron chi connectivity index (χ4n) is 2.36. The van der Waals surface area contributed by atoms with E-state index in [1.165, 1.54) is 25.3 Å². The second-order valence-corrected chi connectivity index (χ2v) is 5.26. The zero-order valence-electron chi connectivity index (χ0n) is 13.0. The van der Waals surface area contributed by atoms with Crippen LogP contribution in [0.2, 0.25) is 0 Å². The molecule has 0 spiro atoms. The zero-order valence-corrected chi connectivity index (χ0v) is 16.2. The largest absolute Gasteiger partial charge is 1.00 e. The summed E-state index contributed by atoms with van der Waals surface area (Å²) in [7, 11) is 0. The van der Waals surface area contributed by atoms with Gasteiger partial charge in [-0.25, -0.2) is 0 Å². The number of hydrogen-bond donors (Lipinski definition) is 1. The SMILES string of the molecule is CCCCCCC(C)c1cc(C(=O)[O-])c(C)cc1O.[K+]. The first-order chi connectivity index (χ1) is 8.97. The van der Waals surface area contributed by atoms with Crippen molar-refractivity contribution >= 4 is 5.97 Å². The minimum Gasteiger partial charge on any atom is -0.545 e. The number of hydrogen-bond acceptors (Lipinski definition) is 3. The van der Waals surface area contributed by atoms with Crippen molar-refractivity contribution in [2.24, 2.45) is 0 Å². The van der Waals surface area contributed by atoms with Crippen LogP contribution in [0.15, 0.2) is 12.1 Å². The number of benzene rings is 1. The van der Waals surface area contributed by atoms with Crippen molar-refractivity contribution in [3.05, 3.63) is 28.8 Å². The summed E-state index contributed by atoms with van der Waals surface area (Å²) in [6.07, 6.45) is 5.66. The van der Waals surface area contributed by atoms with Crippen molar-refractivity contribution in [2.75, 3.05) is 0 Å². The second kappa shape index (κ2) is 9.95. The number of rotatable bonds is 7. The molecule has 0 saturated carbocycles. The molecule has 4 heteroatoms. The number of carboxylic acids is 1. The molecule has 1 N–H and O–H groups in total. The Morgan fingerprint density at radius 3 is 2.50 bits per heavy atom. The summed E-state index contributed by atoms with van der Waals surface area (Å²) in [5.74, 6) is -0.835. The van der Waals surface area contributed by atoms with E-state index in [1.807, 2.05) is 6.92 Å². The zero-order chi connectivity index (χ0) is 14.4. The molecular formula is C16H23KO3. The Morgan fingerprint density at radius 2 is 1.95 bits per heavy atom. The van der Waals surface area contributed by atoms with Gasteiger partial charge in [-0.2, -0.15) is 0 Å². The first-order valence-corrected chi connectivity index (χ1v) is 7.02. The number of carbonyl (C=O) groups is 1. The summed E-state index contributed by atoms with van der Waals surface area (Å²) in [5.41, 5.74) is 1.42. The molecule has 0 aliphatic carbocycles. The van der Waals surface area contributed by atoms with Crippen LogP contribution in [0.3, 0.4) is 0 Å². The molecule has 0 heterocycles. The topological polar surface area (TPSA) is 60.4 Å². The van der Waals surface area contributed by atoms with Gasteiger partial charge >= 0.3 is 51.4 Å². The van der Waals surface area contributed by atoms with Crippen molar-refractivity contribution in [3.63, 3.8) is 0 Å². The number of aryl methyl sites for hydroxylation is 1. The van der Waals surface area contributed by atoms with Gasteiger partial charge in [-0.15, -0.1) is 0 Å². The Kier molecular flexibility index (Phi) is 10.0. The predicted molar refractivity (Wildman–Crippen MR) is 74.3 cm³/mol. The second-order valence-electron chi connectivity index (χ2n) is 5.26. The number of phenolic OH excluding ortho intramolecular Hbond substituents is 1. The fraction of sp³-hybridized carbons (Fsp3) is 0.562. The van der Waals surface area contributed by atoms with Gasteiger partial charge in [-0.05, 0) is 42.5 Å². The van der Waals surface area contributed by atoms with Gasteiger partial charge in [0.2, 0.25) is 0 Å². The number of unbranched alkanes of at least 4 members (excludes halogenated alkanes) is 3. The van der Waals surface area contributed by atoms with Crippen LogP contribution in [0, 0.1) is 6.92 Å². The first-order valence-electron chi connectivity index (χ1n) is 7.02. The monoisotopic (exact) mass is 302 g/mol. The molecule has 0 saturated heterocycles. The first kappa shape index (κ1) is 20.1. The molecule has 1 aromatic rings. The standard InChI is InChI=1S/C16H24O3.K/c1-4-5-6-7-8-11(2)13-10-14(16(18)19)12(3)9-15(13)17;/h9-11,17H,4-8H2,1-3H3,(H,18,19);/q;+1/p-1. The Hall–Kier alpha value is 0.126. The molecule has 0 radical (unpaired) electrons. The van der Waals surface area contributed by atoms with Crippen LogP contribution in [-0.2, 0) is 0 Å². The summed E-state index contributed by atoms with van der Waals surface area (Å²) in [5, 5.41) is 21.0. The molecule has 0 bridgehead atoms. The van der Waals surface area contributed by atoms with Gasteiger partial charge in [0.25, 0.3) is 0 Å². The van der Waals surface area contributed by atoms with Crippen molar-refractivity contribution in [2.45, 2.75) is 58.8 Å². The average molecular weight is 302 g/mol. The van der Waals surface area contributed by atoms with E-state index < -0.39 is 5.97 Å². The molecule has 0 aliphatic rings. The minimum atomic E-state index is -1.18. The van der Waals surface area contributed by atoms with E-state index in [0.717, 1.165) is 12.8 Å². The number of carboxylic acid groups (broad SMARTS) is 1. The van der Waals surface area contributed by atoms with E-state index in [9.17, 15) is 15.0 Å². The molecule has 0 aliphatic heterocycles. The molecule has 1 aromatic carbocycles. The molecule has 0 fully saturated rings. The van der Waals surface area contributed by atoms with Crippen LogP contribution in [0.25, 0.3) is 0 Å². The molecule has 1 unspecified atom stereocenters. The molecule has 20 heavy (non-hydrogen) atoms. The summed E-state index contributed by atoms with van der Waals surface area (Å²) in [6.45, 7) is 5.86. The Labute approximate surface area is 164 Å². The van der Waals surface area contributed by atoms with Crippen LogP contribution in [0.1, 0.15) is 73.4 Å². The van der Waals surface area contributed by atoms with Crippen molar-refractivity contribution in [3.8, 4) is 5.75 Å². The van der Waals surface area contributed by atoms with Crippen LogP contribution in [0.5, 0.6) is 5.75 Å². The molecule has 0 aromatic heterocycles. The molecule has 1 rings (SSSR count). The summed E-state index contributed by atoms with van der Waals surface area (Å²) >= 11 is 0. The van der Waals surface area contributed by atoms with Crippen LogP contribution >= 0.6 is 0 Å². The third kappa shape index (κ3) is 5.86. The van der Waals surface area contributed by atoms with Crippen LogP contribution in [0.4, 0.5) is 0 Å². The third-order valence-electron chi connectivity index (χ3n) is 3.62. The summed E-state index contributed by atoms with van der Waals surface area (Å²) in [6, 6.07) is 3.08. The van der Waals surface area contributed by atoms with Crippen molar-refractivity contribution in [1.82, 2.24) is 0 Å². The quantitative estimate of drug-likeness (QED) is 0.576.